The summed E-state index contributed by atoms with van der Waals surface area (Å²) in [5, 5.41) is 8.76. The minimum absolute atomic E-state index is 0.0231. The highest BCUT2D eigenvalue weighted by Gasteiger charge is 2.47. The Kier molecular flexibility index (Phi) is 1.58. The zero-order valence-electron chi connectivity index (χ0n) is 6.83. The molecule has 1 saturated carbocycles. The van der Waals surface area contributed by atoms with Crippen molar-refractivity contribution >= 4 is 5.97 Å². The third-order valence-corrected chi connectivity index (χ3v) is 2.22. The van der Waals surface area contributed by atoms with Gasteiger partial charge in [-0.25, -0.2) is 9.18 Å². The highest BCUT2D eigenvalue weighted by atomic mass is 19.1. The lowest BCUT2D eigenvalue weighted by Gasteiger charge is -2.07. The Labute approximate surface area is 74.2 Å². The van der Waals surface area contributed by atoms with Gasteiger partial charge in [0.05, 0.1) is 5.56 Å². The maximum atomic E-state index is 13.5. The monoisotopic (exact) mass is 181 g/mol. The van der Waals surface area contributed by atoms with Crippen LogP contribution in [0.4, 0.5) is 4.39 Å². The van der Waals surface area contributed by atoms with Gasteiger partial charge in [-0.2, -0.15) is 0 Å². The second-order valence-electron chi connectivity index (χ2n) is 3.19. The van der Waals surface area contributed by atoms with E-state index in [0.29, 0.717) is 12.8 Å². The Balaban J connectivity index is 2.50. The molecule has 0 spiro atoms. The van der Waals surface area contributed by atoms with Gasteiger partial charge in [-0.1, -0.05) is 0 Å². The molecule has 2 rings (SSSR count). The molecule has 0 bridgehead atoms. The van der Waals surface area contributed by atoms with E-state index in [2.05, 4.69) is 4.98 Å². The molecule has 1 aromatic rings. The zero-order chi connectivity index (χ0) is 9.47. The SMILES string of the molecule is O=C(O)c1ccncc1C1(F)CC1. The van der Waals surface area contributed by atoms with Gasteiger partial charge in [0, 0.05) is 18.0 Å². The number of carboxylic acid groups (broad SMARTS) is 1. The lowest BCUT2D eigenvalue weighted by atomic mass is 10.1. The third-order valence-electron chi connectivity index (χ3n) is 2.22. The molecule has 4 heteroatoms. The Morgan fingerprint density at radius 3 is 2.85 bits per heavy atom. The second-order valence-corrected chi connectivity index (χ2v) is 3.19. The molecule has 0 atom stereocenters. The van der Waals surface area contributed by atoms with Crippen molar-refractivity contribution in [2.45, 2.75) is 18.5 Å². The molecule has 0 aromatic carbocycles. The Morgan fingerprint density at radius 1 is 1.62 bits per heavy atom. The van der Waals surface area contributed by atoms with E-state index in [4.69, 9.17) is 5.11 Å². The summed E-state index contributed by atoms with van der Waals surface area (Å²) in [6, 6.07) is 1.33. The average molecular weight is 181 g/mol. The van der Waals surface area contributed by atoms with Crippen molar-refractivity contribution in [2.24, 2.45) is 0 Å². The first-order chi connectivity index (χ1) is 6.13. The van der Waals surface area contributed by atoms with Crippen LogP contribution in [0.3, 0.4) is 0 Å². The van der Waals surface area contributed by atoms with E-state index in [0.717, 1.165) is 0 Å². The number of halogens is 1. The molecule has 1 fully saturated rings. The zero-order valence-corrected chi connectivity index (χ0v) is 6.83. The summed E-state index contributed by atoms with van der Waals surface area (Å²) in [4.78, 5) is 14.4. The van der Waals surface area contributed by atoms with Crippen LogP contribution in [0.2, 0.25) is 0 Å². The van der Waals surface area contributed by atoms with Gasteiger partial charge >= 0.3 is 5.97 Å². The van der Waals surface area contributed by atoms with E-state index < -0.39 is 11.6 Å². The molecule has 0 amide bonds. The van der Waals surface area contributed by atoms with E-state index in [1.165, 1.54) is 18.5 Å². The van der Waals surface area contributed by atoms with Crippen molar-refractivity contribution in [3.8, 4) is 0 Å². The minimum atomic E-state index is -1.43. The van der Waals surface area contributed by atoms with Crippen LogP contribution in [0.1, 0.15) is 28.8 Å². The summed E-state index contributed by atoms with van der Waals surface area (Å²) < 4.78 is 13.5. The van der Waals surface area contributed by atoms with Gasteiger partial charge in [-0.15, -0.1) is 0 Å². The first-order valence-electron chi connectivity index (χ1n) is 4.00. The molecule has 1 heterocycles. The second kappa shape index (κ2) is 2.52. The van der Waals surface area contributed by atoms with Crippen molar-refractivity contribution in [1.82, 2.24) is 4.98 Å². The van der Waals surface area contributed by atoms with Crippen molar-refractivity contribution in [3.63, 3.8) is 0 Å². The number of aromatic carboxylic acids is 1. The van der Waals surface area contributed by atoms with Crippen LogP contribution in [0.5, 0.6) is 0 Å². The number of nitrogens with zero attached hydrogens (tertiary/aromatic N) is 1. The highest BCUT2D eigenvalue weighted by molar-refractivity contribution is 5.89. The number of hydrogen-bond donors (Lipinski definition) is 1. The van der Waals surface area contributed by atoms with Gasteiger partial charge in [0.1, 0.15) is 5.67 Å². The lowest BCUT2D eigenvalue weighted by molar-refractivity contribution is 0.0692. The lowest BCUT2D eigenvalue weighted by Crippen LogP contribution is -2.08. The number of hydrogen-bond acceptors (Lipinski definition) is 2. The number of carboxylic acids is 1. The molecule has 1 aliphatic carbocycles. The first kappa shape index (κ1) is 8.16. The molecule has 68 valence electrons. The maximum absolute atomic E-state index is 13.5. The minimum Gasteiger partial charge on any atom is -0.478 e. The van der Waals surface area contributed by atoms with E-state index in [9.17, 15) is 9.18 Å². The summed E-state index contributed by atoms with van der Waals surface area (Å²) >= 11 is 0. The molecule has 0 radical (unpaired) electrons. The maximum Gasteiger partial charge on any atom is 0.336 e. The highest BCUT2D eigenvalue weighted by Crippen LogP contribution is 2.50. The standard InChI is InChI=1S/C9H8FNO2/c10-9(2-3-9)7-5-11-4-1-6(7)8(12)13/h1,4-5H,2-3H2,(H,12,13). The molecule has 0 aliphatic heterocycles. The van der Waals surface area contributed by atoms with Crippen LogP contribution in [-0.4, -0.2) is 16.1 Å². The predicted octanol–water partition coefficient (Wildman–Crippen LogP) is 1.74. The number of pyridine rings is 1. The smallest absolute Gasteiger partial charge is 0.336 e. The molecule has 1 N–H and O–H groups in total. The first-order valence-corrected chi connectivity index (χ1v) is 4.00. The molecular weight excluding hydrogens is 173 g/mol. The quantitative estimate of drug-likeness (QED) is 0.755. The molecule has 1 aromatic heterocycles. The summed E-state index contributed by atoms with van der Waals surface area (Å²) in [6.07, 6.45) is 3.47. The van der Waals surface area contributed by atoms with Crippen molar-refractivity contribution in [2.75, 3.05) is 0 Å². The largest absolute Gasteiger partial charge is 0.478 e. The molecule has 1 aliphatic rings. The molecule has 3 nitrogen and oxygen atoms in total. The predicted molar refractivity (Wildman–Crippen MR) is 43.2 cm³/mol. The average Bonchev–Trinajstić information content (AvgIpc) is 2.85. The summed E-state index contributed by atoms with van der Waals surface area (Å²) in [5.74, 6) is -1.10. The van der Waals surface area contributed by atoms with Crippen LogP contribution < -0.4 is 0 Å². The van der Waals surface area contributed by atoms with E-state index in [1.807, 2.05) is 0 Å². The molecule has 0 saturated heterocycles. The van der Waals surface area contributed by atoms with Crippen LogP contribution in [0.15, 0.2) is 18.5 Å². The van der Waals surface area contributed by atoms with Crippen LogP contribution in [-0.2, 0) is 5.67 Å². The topological polar surface area (TPSA) is 50.2 Å². The Bertz CT molecular complexity index is 360. The summed E-state index contributed by atoms with van der Waals surface area (Å²) in [6.45, 7) is 0. The Hall–Kier alpha value is -1.45. The summed E-state index contributed by atoms with van der Waals surface area (Å²) in [7, 11) is 0. The van der Waals surface area contributed by atoms with Gasteiger partial charge in [0.2, 0.25) is 0 Å². The van der Waals surface area contributed by atoms with E-state index in [-0.39, 0.29) is 11.1 Å². The van der Waals surface area contributed by atoms with Gasteiger partial charge in [0.25, 0.3) is 0 Å². The van der Waals surface area contributed by atoms with Crippen molar-refractivity contribution in [3.05, 3.63) is 29.6 Å². The van der Waals surface area contributed by atoms with Gasteiger partial charge in [-0.05, 0) is 18.9 Å². The normalized spacial score (nSPS) is 18.2. The number of alkyl halides is 1. The van der Waals surface area contributed by atoms with E-state index >= 15 is 0 Å². The fourth-order valence-corrected chi connectivity index (χ4v) is 1.32. The van der Waals surface area contributed by atoms with Crippen LogP contribution in [0.25, 0.3) is 0 Å². The fourth-order valence-electron chi connectivity index (χ4n) is 1.32. The van der Waals surface area contributed by atoms with Gasteiger partial charge in [0.15, 0.2) is 0 Å². The van der Waals surface area contributed by atoms with Gasteiger partial charge < -0.3 is 5.11 Å². The summed E-state index contributed by atoms with van der Waals surface area (Å²) in [5.41, 5.74) is -1.19. The Morgan fingerprint density at radius 2 is 2.31 bits per heavy atom. The molecule has 13 heavy (non-hydrogen) atoms. The van der Waals surface area contributed by atoms with Gasteiger partial charge in [-0.3, -0.25) is 4.98 Å². The fraction of sp³-hybridized carbons (Fsp3) is 0.333. The number of rotatable bonds is 2. The van der Waals surface area contributed by atoms with Crippen LogP contribution >= 0.6 is 0 Å². The van der Waals surface area contributed by atoms with Crippen LogP contribution in [0, 0.1) is 0 Å². The van der Waals surface area contributed by atoms with Crippen molar-refractivity contribution in [1.29, 1.82) is 0 Å². The third kappa shape index (κ3) is 1.28. The molecular formula is C9H8FNO2. The number of aromatic nitrogens is 1. The van der Waals surface area contributed by atoms with E-state index in [1.54, 1.807) is 0 Å². The van der Waals surface area contributed by atoms with Crippen molar-refractivity contribution < 1.29 is 14.3 Å². The molecule has 0 unspecified atom stereocenters. The number of carbonyl (C=O) groups is 1.